The van der Waals surface area contributed by atoms with Crippen LogP contribution >= 0.6 is 0 Å². The van der Waals surface area contributed by atoms with Gasteiger partial charge in [0, 0.05) is 18.2 Å². The van der Waals surface area contributed by atoms with Gasteiger partial charge in [0.25, 0.3) is 0 Å². The molecule has 2 atom stereocenters. The lowest BCUT2D eigenvalue weighted by molar-refractivity contribution is -0.138. The second kappa shape index (κ2) is 6.99. The van der Waals surface area contributed by atoms with Crippen LogP contribution in [0, 0.1) is 5.82 Å². The largest absolute Gasteiger partial charge is 0.481 e. The molecule has 2 aromatic carbocycles. The maximum atomic E-state index is 13.7. The van der Waals surface area contributed by atoms with E-state index < -0.39 is 11.9 Å². The molecule has 0 aliphatic heterocycles. The normalized spacial score (nSPS) is 13.6. The topological polar surface area (TPSA) is 49.3 Å². The quantitative estimate of drug-likeness (QED) is 0.856. The van der Waals surface area contributed by atoms with Crippen molar-refractivity contribution in [2.75, 3.05) is 6.54 Å². The Morgan fingerprint density at radius 1 is 1.14 bits per heavy atom. The number of aliphatic carboxylic acids is 1. The smallest absolute Gasteiger partial charge is 0.312 e. The lowest BCUT2D eigenvalue weighted by atomic mass is 9.98. The zero-order chi connectivity index (χ0) is 15.2. The standard InChI is InChI=1S/C17H18FNO2/c1-12(14-9-5-6-10-16(14)18)19-11-15(17(20)21)13-7-3-2-4-8-13/h2-10,12,15,19H,11H2,1H3,(H,20,21)/t12-,15?/m1/s1. The number of halogens is 1. The molecule has 0 heterocycles. The number of carboxylic acids is 1. The molecule has 4 heteroatoms. The lowest BCUT2D eigenvalue weighted by Gasteiger charge is -2.19. The molecule has 0 amide bonds. The van der Waals surface area contributed by atoms with Gasteiger partial charge in [0.1, 0.15) is 5.82 Å². The van der Waals surface area contributed by atoms with Crippen molar-refractivity contribution in [1.29, 1.82) is 0 Å². The third-order valence-corrected chi connectivity index (χ3v) is 3.50. The van der Waals surface area contributed by atoms with Crippen LogP contribution in [0.1, 0.15) is 30.0 Å². The minimum Gasteiger partial charge on any atom is -0.481 e. The van der Waals surface area contributed by atoms with Crippen LogP contribution in [0.2, 0.25) is 0 Å². The highest BCUT2D eigenvalue weighted by Crippen LogP contribution is 2.19. The van der Waals surface area contributed by atoms with Gasteiger partial charge in [-0.1, -0.05) is 48.5 Å². The molecule has 0 aromatic heterocycles. The fraction of sp³-hybridized carbons (Fsp3) is 0.235. The summed E-state index contributed by atoms with van der Waals surface area (Å²) < 4.78 is 13.7. The lowest BCUT2D eigenvalue weighted by Crippen LogP contribution is -2.29. The van der Waals surface area contributed by atoms with Crippen LogP contribution < -0.4 is 5.32 Å². The van der Waals surface area contributed by atoms with Crippen molar-refractivity contribution < 1.29 is 14.3 Å². The zero-order valence-electron chi connectivity index (χ0n) is 11.8. The van der Waals surface area contributed by atoms with Gasteiger partial charge in [-0.3, -0.25) is 4.79 Å². The first-order chi connectivity index (χ1) is 10.1. The number of nitrogens with one attached hydrogen (secondary N) is 1. The highest BCUT2D eigenvalue weighted by molar-refractivity contribution is 5.76. The van der Waals surface area contributed by atoms with Crippen molar-refractivity contribution in [2.45, 2.75) is 18.9 Å². The highest BCUT2D eigenvalue weighted by Gasteiger charge is 2.21. The number of hydrogen-bond acceptors (Lipinski definition) is 2. The molecule has 0 fully saturated rings. The summed E-state index contributed by atoms with van der Waals surface area (Å²) in [5, 5.41) is 12.4. The van der Waals surface area contributed by atoms with Crippen LogP contribution in [0.15, 0.2) is 54.6 Å². The van der Waals surface area contributed by atoms with Crippen LogP contribution in [0.3, 0.4) is 0 Å². The Labute approximate surface area is 123 Å². The van der Waals surface area contributed by atoms with Gasteiger partial charge in [-0.15, -0.1) is 0 Å². The van der Waals surface area contributed by atoms with Gasteiger partial charge in [0.15, 0.2) is 0 Å². The van der Waals surface area contributed by atoms with Gasteiger partial charge in [-0.05, 0) is 18.6 Å². The molecule has 2 N–H and O–H groups in total. The minimum atomic E-state index is -0.894. The van der Waals surface area contributed by atoms with Gasteiger partial charge in [0.05, 0.1) is 5.92 Å². The Morgan fingerprint density at radius 3 is 2.38 bits per heavy atom. The summed E-state index contributed by atoms with van der Waals surface area (Å²) in [4.78, 5) is 11.4. The monoisotopic (exact) mass is 287 g/mol. The summed E-state index contributed by atoms with van der Waals surface area (Å²) in [6.45, 7) is 2.07. The first-order valence-corrected chi connectivity index (χ1v) is 6.85. The SMILES string of the molecule is C[C@@H](NCC(C(=O)O)c1ccccc1)c1ccccc1F. The molecule has 2 rings (SSSR count). The molecule has 0 bridgehead atoms. The highest BCUT2D eigenvalue weighted by atomic mass is 19.1. The van der Waals surface area contributed by atoms with E-state index in [0.717, 1.165) is 5.56 Å². The number of carboxylic acid groups (broad SMARTS) is 1. The van der Waals surface area contributed by atoms with Gasteiger partial charge < -0.3 is 10.4 Å². The zero-order valence-corrected chi connectivity index (χ0v) is 11.8. The van der Waals surface area contributed by atoms with Crippen molar-refractivity contribution in [3.63, 3.8) is 0 Å². The van der Waals surface area contributed by atoms with Crippen LogP contribution in [-0.4, -0.2) is 17.6 Å². The molecule has 0 spiro atoms. The molecule has 21 heavy (non-hydrogen) atoms. The van der Waals surface area contributed by atoms with E-state index >= 15 is 0 Å². The van der Waals surface area contributed by atoms with Crippen molar-refractivity contribution in [1.82, 2.24) is 5.32 Å². The Balaban J connectivity index is 2.06. The molecule has 110 valence electrons. The van der Waals surface area contributed by atoms with Crippen molar-refractivity contribution in [3.8, 4) is 0 Å². The van der Waals surface area contributed by atoms with Crippen molar-refractivity contribution >= 4 is 5.97 Å². The third-order valence-electron chi connectivity index (χ3n) is 3.50. The van der Waals surface area contributed by atoms with Gasteiger partial charge in [-0.25, -0.2) is 4.39 Å². The average molecular weight is 287 g/mol. The molecule has 0 aliphatic carbocycles. The summed E-state index contributed by atoms with van der Waals surface area (Å²) in [6.07, 6.45) is 0. The second-order valence-corrected chi connectivity index (χ2v) is 4.95. The van der Waals surface area contributed by atoms with E-state index in [1.807, 2.05) is 25.1 Å². The second-order valence-electron chi connectivity index (χ2n) is 4.95. The van der Waals surface area contributed by atoms with E-state index in [-0.39, 0.29) is 18.4 Å². The predicted octanol–water partition coefficient (Wildman–Crippen LogP) is 3.34. The Morgan fingerprint density at radius 2 is 1.76 bits per heavy atom. The Kier molecular flexibility index (Phi) is 5.06. The van der Waals surface area contributed by atoms with Crippen LogP contribution in [0.5, 0.6) is 0 Å². The molecule has 0 saturated carbocycles. The van der Waals surface area contributed by atoms with E-state index in [4.69, 9.17) is 0 Å². The van der Waals surface area contributed by atoms with Crippen molar-refractivity contribution in [2.24, 2.45) is 0 Å². The molecule has 0 saturated heterocycles. The molecule has 2 aromatic rings. The van der Waals surface area contributed by atoms with Crippen LogP contribution in [0.25, 0.3) is 0 Å². The van der Waals surface area contributed by atoms with E-state index in [9.17, 15) is 14.3 Å². The maximum absolute atomic E-state index is 13.7. The van der Waals surface area contributed by atoms with Crippen LogP contribution in [0.4, 0.5) is 4.39 Å². The first kappa shape index (κ1) is 15.2. The van der Waals surface area contributed by atoms with E-state index in [2.05, 4.69) is 5.32 Å². The van der Waals surface area contributed by atoms with E-state index in [0.29, 0.717) is 5.56 Å². The van der Waals surface area contributed by atoms with Crippen molar-refractivity contribution in [3.05, 3.63) is 71.5 Å². The molecular weight excluding hydrogens is 269 g/mol. The Bertz CT molecular complexity index is 601. The predicted molar refractivity (Wildman–Crippen MR) is 79.6 cm³/mol. The number of rotatable bonds is 6. The number of benzene rings is 2. The van der Waals surface area contributed by atoms with Gasteiger partial charge in [0.2, 0.25) is 0 Å². The summed E-state index contributed by atoms with van der Waals surface area (Å²) in [7, 11) is 0. The average Bonchev–Trinajstić information content (AvgIpc) is 2.48. The summed E-state index contributed by atoms with van der Waals surface area (Å²) in [6, 6.07) is 15.3. The molecule has 0 radical (unpaired) electrons. The van der Waals surface area contributed by atoms with E-state index in [1.54, 1.807) is 30.3 Å². The fourth-order valence-electron chi connectivity index (χ4n) is 2.26. The number of hydrogen-bond donors (Lipinski definition) is 2. The van der Waals surface area contributed by atoms with Gasteiger partial charge >= 0.3 is 5.97 Å². The summed E-state index contributed by atoms with van der Waals surface area (Å²) >= 11 is 0. The molecule has 0 aliphatic rings. The van der Waals surface area contributed by atoms with E-state index in [1.165, 1.54) is 6.07 Å². The Hall–Kier alpha value is -2.20. The third kappa shape index (κ3) is 3.89. The summed E-state index contributed by atoms with van der Waals surface area (Å²) in [5.74, 6) is -1.83. The molecular formula is C17H18FNO2. The molecule has 1 unspecified atom stereocenters. The minimum absolute atomic E-state index is 0.245. The first-order valence-electron chi connectivity index (χ1n) is 6.85. The fourth-order valence-corrected chi connectivity index (χ4v) is 2.26. The number of carbonyl (C=O) groups is 1. The summed E-state index contributed by atoms with van der Waals surface area (Å²) in [5.41, 5.74) is 1.27. The van der Waals surface area contributed by atoms with Gasteiger partial charge in [-0.2, -0.15) is 0 Å². The maximum Gasteiger partial charge on any atom is 0.312 e. The molecule has 3 nitrogen and oxygen atoms in total. The van der Waals surface area contributed by atoms with Crippen LogP contribution in [-0.2, 0) is 4.79 Å².